The van der Waals surface area contributed by atoms with Crippen LogP contribution < -0.4 is 4.74 Å². The number of aryl methyl sites for hydroxylation is 1. The number of aromatic hydroxyl groups is 1. The summed E-state index contributed by atoms with van der Waals surface area (Å²) in [7, 11) is 0. The second-order valence-corrected chi connectivity index (χ2v) is 2.67. The topological polar surface area (TPSA) is 59.4 Å². The molecule has 1 rings (SSSR count). The Kier molecular flexibility index (Phi) is 2.83. The molecule has 0 aliphatic carbocycles. The van der Waals surface area contributed by atoms with Gasteiger partial charge in [-0.05, 0) is 13.0 Å². The second kappa shape index (κ2) is 3.76. The molecule has 0 saturated carbocycles. The average molecular weight is 221 g/mol. The van der Waals surface area contributed by atoms with Crippen molar-refractivity contribution in [3.63, 3.8) is 0 Å². The Bertz CT molecular complexity index is 389. The van der Waals surface area contributed by atoms with Gasteiger partial charge >= 0.3 is 6.36 Å². The molecule has 0 bridgehead atoms. The van der Waals surface area contributed by atoms with Crippen LogP contribution in [0.3, 0.4) is 0 Å². The molecule has 0 amide bonds. The number of halogens is 3. The first-order chi connectivity index (χ1) is 6.83. The van der Waals surface area contributed by atoms with Gasteiger partial charge in [0.15, 0.2) is 12.0 Å². The van der Waals surface area contributed by atoms with E-state index in [0.717, 1.165) is 6.07 Å². The monoisotopic (exact) mass is 221 g/mol. The molecule has 15 heavy (non-hydrogen) atoms. The summed E-state index contributed by atoms with van der Waals surface area (Å²) in [6.45, 7) is 1.37. The quantitative estimate of drug-likeness (QED) is 0.773. The van der Waals surface area contributed by atoms with Crippen molar-refractivity contribution in [3.8, 4) is 11.6 Å². The van der Waals surface area contributed by atoms with Crippen LogP contribution in [0.2, 0.25) is 0 Å². The standard InChI is InChI=1S/C8H6F3NO3/c1-4-2-5(3-13)6(14)7(12-4)15-8(9,10)11/h2-3,14H,1H3. The molecular weight excluding hydrogens is 215 g/mol. The highest BCUT2D eigenvalue weighted by Gasteiger charge is 2.33. The zero-order valence-electron chi connectivity index (χ0n) is 7.50. The van der Waals surface area contributed by atoms with E-state index in [9.17, 15) is 18.0 Å². The van der Waals surface area contributed by atoms with E-state index in [4.69, 9.17) is 5.11 Å². The number of carbonyl (C=O) groups is 1. The molecule has 0 fully saturated rings. The molecule has 0 aliphatic rings. The number of aldehydes is 1. The number of ether oxygens (including phenoxy) is 1. The van der Waals surface area contributed by atoms with Crippen LogP contribution in [0.25, 0.3) is 0 Å². The molecule has 1 N–H and O–H groups in total. The molecule has 4 nitrogen and oxygen atoms in total. The minimum Gasteiger partial charge on any atom is -0.503 e. The number of hydrogen-bond acceptors (Lipinski definition) is 4. The van der Waals surface area contributed by atoms with Gasteiger partial charge in [-0.3, -0.25) is 4.79 Å². The fourth-order valence-corrected chi connectivity index (χ4v) is 0.933. The molecule has 1 heterocycles. The van der Waals surface area contributed by atoms with Gasteiger partial charge in [-0.1, -0.05) is 0 Å². The Hall–Kier alpha value is -1.79. The van der Waals surface area contributed by atoms with Gasteiger partial charge in [-0.15, -0.1) is 13.2 Å². The number of nitrogens with zero attached hydrogens (tertiary/aromatic N) is 1. The van der Waals surface area contributed by atoms with E-state index in [1.54, 1.807) is 0 Å². The molecule has 0 aliphatic heterocycles. The molecule has 7 heteroatoms. The van der Waals surface area contributed by atoms with Crippen LogP contribution in [0.1, 0.15) is 16.1 Å². The van der Waals surface area contributed by atoms with Gasteiger partial charge in [0, 0.05) is 5.69 Å². The smallest absolute Gasteiger partial charge is 0.503 e. The van der Waals surface area contributed by atoms with Crippen LogP contribution in [0.15, 0.2) is 6.07 Å². The van der Waals surface area contributed by atoms with Crippen LogP contribution in [0.4, 0.5) is 13.2 Å². The van der Waals surface area contributed by atoms with Gasteiger partial charge in [0.1, 0.15) is 0 Å². The maximum absolute atomic E-state index is 11.8. The third-order valence-electron chi connectivity index (χ3n) is 1.46. The predicted octanol–water partition coefficient (Wildman–Crippen LogP) is 1.81. The van der Waals surface area contributed by atoms with E-state index in [0.29, 0.717) is 0 Å². The Morgan fingerprint density at radius 2 is 2.13 bits per heavy atom. The van der Waals surface area contributed by atoms with Crippen molar-refractivity contribution in [2.75, 3.05) is 0 Å². The SMILES string of the molecule is Cc1cc(C=O)c(O)c(OC(F)(F)F)n1. The van der Waals surface area contributed by atoms with Crippen LogP contribution >= 0.6 is 0 Å². The number of hydrogen-bond donors (Lipinski definition) is 1. The van der Waals surface area contributed by atoms with Gasteiger partial charge in [0.05, 0.1) is 5.56 Å². The average Bonchev–Trinajstić information content (AvgIpc) is 2.08. The van der Waals surface area contributed by atoms with E-state index < -0.39 is 18.0 Å². The summed E-state index contributed by atoms with van der Waals surface area (Å²) < 4.78 is 38.9. The van der Waals surface area contributed by atoms with Crippen molar-refractivity contribution < 1.29 is 27.8 Å². The van der Waals surface area contributed by atoms with Gasteiger partial charge in [0.2, 0.25) is 0 Å². The van der Waals surface area contributed by atoms with Crippen molar-refractivity contribution in [3.05, 3.63) is 17.3 Å². The second-order valence-electron chi connectivity index (χ2n) is 2.67. The summed E-state index contributed by atoms with van der Waals surface area (Å²) in [4.78, 5) is 13.7. The number of alkyl halides is 3. The first-order valence-electron chi connectivity index (χ1n) is 3.75. The molecule has 0 radical (unpaired) electrons. The number of pyridine rings is 1. The predicted molar refractivity (Wildman–Crippen MR) is 42.7 cm³/mol. The Balaban J connectivity index is 3.18. The lowest BCUT2D eigenvalue weighted by molar-refractivity contribution is -0.276. The molecule has 0 atom stereocenters. The lowest BCUT2D eigenvalue weighted by Crippen LogP contribution is -2.18. The van der Waals surface area contributed by atoms with Crippen molar-refractivity contribution in [1.82, 2.24) is 4.98 Å². The summed E-state index contributed by atoms with van der Waals surface area (Å²) >= 11 is 0. The van der Waals surface area contributed by atoms with Gasteiger partial charge in [-0.2, -0.15) is 0 Å². The van der Waals surface area contributed by atoms with Crippen molar-refractivity contribution >= 4 is 6.29 Å². The summed E-state index contributed by atoms with van der Waals surface area (Å²) in [6.07, 6.45) is -4.74. The summed E-state index contributed by atoms with van der Waals surface area (Å²) in [5.41, 5.74) is -0.170. The molecule has 1 aromatic heterocycles. The van der Waals surface area contributed by atoms with Crippen molar-refractivity contribution in [1.29, 1.82) is 0 Å². The Morgan fingerprint density at radius 1 is 1.53 bits per heavy atom. The number of rotatable bonds is 2. The third-order valence-corrected chi connectivity index (χ3v) is 1.46. The van der Waals surface area contributed by atoms with E-state index in [2.05, 4.69) is 9.72 Å². The van der Waals surface area contributed by atoms with Crippen molar-refractivity contribution in [2.24, 2.45) is 0 Å². The van der Waals surface area contributed by atoms with E-state index in [1.807, 2.05) is 0 Å². The largest absolute Gasteiger partial charge is 0.574 e. The maximum atomic E-state index is 11.8. The molecule has 0 unspecified atom stereocenters. The zero-order chi connectivity index (χ0) is 11.6. The fraction of sp³-hybridized carbons (Fsp3) is 0.250. The molecule has 82 valence electrons. The van der Waals surface area contributed by atoms with Crippen LogP contribution in [-0.2, 0) is 0 Å². The minimum absolute atomic E-state index is 0.133. The first kappa shape index (κ1) is 11.3. The molecule has 0 saturated heterocycles. The van der Waals surface area contributed by atoms with Gasteiger partial charge < -0.3 is 9.84 Å². The Morgan fingerprint density at radius 3 is 2.60 bits per heavy atom. The summed E-state index contributed by atoms with van der Waals surface area (Å²) in [6, 6.07) is 1.14. The lowest BCUT2D eigenvalue weighted by atomic mass is 10.2. The normalized spacial score (nSPS) is 11.2. The first-order valence-corrected chi connectivity index (χ1v) is 3.75. The number of carbonyl (C=O) groups excluding carboxylic acids is 1. The molecular formula is C8H6F3NO3. The summed E-state index contributed by atoms with van der Waals surface area (Å²) in [5.74, 6) is -1.95. The molecule has 0 aromatic carbocycles. The highest BCUT2D eigenvalue weighted by atomic mass is 19.4. The van der Waals surface area contributed by atoms with E-state index in [-0.39, 0.29) is 17.5 Å². The van der Waals surface area contributed by atoms with Crippen LogP contribution in [-0.4, -0.2) is 22.7 Å². The molecule has 1 aromatic rings. The van der Waals surface area contributed by atoms with Crippen LogP contribution in [0, 0.1) is 6.92 Å². The minimum atomic E-state index is -4.96. The maximum Gasteiger partial charge on any atom is 0.574 e. The highest BCUT2D eigenvalue weighted by Crippen LogP contribution is 2.31. The van der Waals surface area contributed by atoms with Gasteiger partial charge in [-0.25, -0.2) is 4.98 Å². The van der Waals surface area contributed by atoms with E-state index >= 15 is 0 Å². The fourth-order valence-electron chi connectivity index (χ4n) is 0.933. The lowest BCUT2D eigenvalue weighted by Gasteiger charge is -2.10. The number of aromatic nitrogens is 1. The Labute approximate surface area is 82.3 Å². The van der Waals surface area contributed by atoms with Crippen molar-refractivity contribution in [2.45, 2.75) is 13.3 Å². The molecule has 0 spiro atoms. The third kappa shape index (κ3) is 2.83. The highest BCUT2D eigenvalue weighted by molar-refractivity contribution is 5.80. The summed E-state index contributed by atoms with van der Waals surface area (Å²) in [5, 5.41) is 9.16. The van der Waals surface area contributed by atoms with E-state index in [1.165, 1.54) is 6.92 Å². The zero-order valence-corrected chi connectivity index (χ0v) is 7.50. The van der Waals surface area contributed by atoms with Crippen LogP contribution in [0.5, 0.6) is 11.6 Å². The van der Waals surface area contributed by atoms with Gasteiger partial charge in [0.25, 0.3) is 5.88 Å².